The van der Waals surface area contributed by atoms with Gasteiger partial charge in [0.1, 0.15) is 6.21 Å². The van der Waals surface area contributed by atoms with Crippen LogP contribution in [0.4, 0.5) is 0 Å². The summed E-state index contributed by atoms with van der Waals surface area (Å²) < 4.78 is 0. The Balaban J connectivity index is 3.09. The van der Waals surface area contributed by atoms with Crippen LogP contribution in [0.2, 0.25) is 5.02 Å². The first-order chi connectivity index (χ1) is 6.15. The highest BCUT2D eigenvalue weighted by atomic mass is 35.5. The molecule has 0 spiro atoms. The fourth-order valence-electron chi connectivity index (χ4n) is 0.942. The minimum Gasteiger partial charge on any atom is -0.411 e. The quantitative estimate of drug-likeness (QED) is 0.342. The van der Waals surface area contributed by atoms with Crippen molar-refractivity contribution in [1.82, 2.24) is 0 Å². The van der Waals surface area contributed by atoms with Crippen LogP contribution >= 0.6 is 11.6 Å². The van der Waals surface area contributed by atoms with Gasteiger partial charge in [0.2, 0.25) is 5.78 Å². The summed E-state index contributed by atoms with van der Waals surface area (Å²) in [7, 11) is 0. The molecule has 13 heavy (non-hydrogen) atoms. The maximum atomic E-state index is 11.2. The predicted molar refractivity (Wildman–Crippen MR) is 50.8 cm³/mol. The molecule has 1 aromatic rings. The Kier molecular flexibility index (Phi) is 3.03. The van der Waals surface area contributed by atoms with Gasteiger partial charge in [0.05, 0.1) is 5.02 Å². The Morgan fingerprint density at radius 3 is 2.85 bits per heavy atom. The summed E-state index contributed by atoms with van der Waals surface area (Å²) in [6.45, 7) is 1.88. The van der Waals surface area contributed by atoms with E-state index in [0.717, 1.165) is 11.8 Å². The van der Waals surface area contributed by atoms with E-state index >= 15 is 0 Å². The second kappa shape index (κ2) is 4.05. The lowest BCUT2D eigenvalue weighted by molar-refractivity contribution is 0.106. The molecular formula is C9H8ClNO2. The van der Waals surface area contributed by atoms with Gasteiger partial charge in [-0.3, -0.25) is 4.79 Å². The molecule has 68 valence electrons. The van der Waals surface area contributed by atoms with Crippen LogP contribution in [0.25, 0.3) is 0 Å². The fraction of sp³-hybridized carbons (Fsp3) is 0.111. The molecule has 1 rings (SSSR count). The van der Waals surface area contributed by atoms with Gasteiger partial charge >= 0.3 is 0 Å². The van der Waals surface area contributed by atoms with E-state index in [2.05, 4.69) is 5.16 Å². The molecule has 0 bridgehead atoms. The molecule has 0 aliphatic heterocycles. The fourth-order valence-corrected chi connectivity index (χ4v) is 1.27. The van der Waals surface area contributed by atoms with Crippen LogP contribution in [0.15, 0.2) is 23.4 Å². The molecule has 3 nitrogen and oxygen atoms in total. The molecule has 4 heteroatoms. The number of aryl methyl sites for hydroxylation is 1. The molecule has 1 aromatic carbocycles. The maximum absolute atomic E-state index is 11.2. The molecule has 1 N–H and O–H groups in total. The molecule has 0 unspecified atom stereocenters. The maximum Gasteiger partial charge on any atom is 0.208 e. The average Bonchev–Trinajstić information content (AvgIpc) is 2.04. The van der Waals surface area contributed by atoms with E-state index in [9.17, 15) is 4.79 Å². The van der Waals surface area contributed by atoms with Gasteiger partial charge < -0.3 is 5.21 Å². The minimum atomic E-state index is -0.410. The van der Waals surface area contributed by atoms with Crippen LogP contribution < -0.4 is 0 Å². The third-order valence-corrected chi connectivity index (χ3v) is 1.88. The Bertz CT molecular complexity index is 361. The topological polar surface area (TPSA) is 49.7 Å². The lowest BCUT2D eigenvalue weighted by atomic mass is 10.1. The van der Waals surface area contributed by atoms with Gasteiger partial charge in [-0.2, -0.15) is 0 Å². The van der Waals surface area contributed by atoms with E-state index in [1.165, 1.54) is 0 Å². The molecule has 0 heterocycles. The number of Topliss-reactive ketones (excluding diaryl/α,β-unsaturated/α-hetero) is 1. The SMILES string of the molecule is Cc1ccc(C(=O)C=NO)c(Cl)c1. The lowest BCUT2D eigenvalue weighted by Gasteiger charge is -1.99. The highest BCUT2D eigenvalue weighted by molar-refractivity contribution is 6.42. The number of hydrogen-bond donors (Lipinski definition) is 1. The van der Waals surface area contributed by atoms with E-state index in [1.807, 2.05) is 6.92 Å². The van der Waals surface area contributed by atoms with Crippen molar-refractivity contribution in [3.63, 3.8) is 0 Å². The zero-order valence-corrected chi connectivity index (χ0v) is 7.75. The third kappa shape index (κ3) is 2.29. The number of oxime groups is 1. The molecular weight excluding hydrogens is 190 g/mol. The summed E-state index contributed by atoms with van der Waals surface area (Å²) in [5.41, 5.74) is 1.31. The Hall–Kier alpha value is -1.35. The number of nitrogens with zero attached hydrogens (tertiary/aromatic N) is 1. The van der Waals surface area contributed by atoms with Gasteiger partial charge in [-0.1, -0.05) is 22.8 Å². The van der Waals surface area contributed by atoms with E-state index in [1.54, 1.807) is 18.2 Å². The van der Waals surface area contributed by atoms with Gasteiger partial charge in [-0.15, -0.1) is 0 Å². The van der Waals surface area contributed by atoms with Crippen molar-refractivity contribution >= 4 is 23.6 Å². The van der Waals surface area contributed by atoms with Gasteiger partial charge in [-0.25, -0.2) is 0 Å². The van der Waals surface area contributed by atoms with Crippen LogP contribution in [0.3, 0.4) is 0 Å². The number of rotatable bonds is 2. The summed E-state index contributed by atoms with van der Waals surface area (Å²) >= 11 is 5.80. The zero-order valence-electron chi connectivity index (χ0n) is 6.99. The summed E-state index contributed by atoms with van der Waals surface area (Å²) in [6.07, 6.45) is 0.816. The Morgan fingerprint density at radius 2 is 2.31 bits per heavy atom. The molecule has 0 saturated carbocycles. The van der Waals surface area contributed by atoms with Crippen LogP contribution in [-0.4, -0.2) is 17.2 Å². The van der Waals surface area contributed by atoms with Crippen LogP contribution in [0.5, 0.6) is 0 Å². The predicted octanol–water partition coefficient (Wildman–Crippen LogP) is 2.29. The minimum absolute atomic E-state index is 0.338. The highest BCUT2D eigenvalue weighted by Crippen LogP contribution is 2.17. The van der Waals surface area contributed by atoms with Crippen molar-refractivity contribution < 1.29 is 10.0 Å². The van der Waals surface area contributed by atoms with Crippen molar-refractivity contribution in [3.05, 3.63) is 34.3 Å². The Labute approximate surface area is 80.6 Å². The zero-order chi connectivity index (χ0) is 9.84. The monoisotopic (exact) mass is 197 g/mol. The number of carbonyl (C=O) groups excluding carboxylic acids is 1. The number of benzene rings is 1. The number of halogens is 1. The van der Waals surface area contributed by atoms with Gasteiger partial charge in [0.25, 0.3) is 0 Å². The first-order valence-corrected chi connectivity index (χ1v) is 4.01. The van der Waals surface area contributed by atoms with Gasteiger partial charge in [0.15, 0.2) is 0 Å². The van der Waals surface area contributed by atoms with Crippen molar-refractivity contribution in [1.29, 1.82) is 0 Å². The Morgan fingerprint density at radius 1 is 1.62 bits per heavy atom. The summed E-state index contributed by atoms with van der Waals surface area (Å²) in [5.74, 6) is -0.410. The molecule has 0 atom stereocenters. The normalized spacial score (nSPS) is 10.6. The van der Waals surface area contributed by atoms with E-state index in [0.29, 0.717) is 10.6 Å². The molecule has 0 saturated heterocycles. The van der Waals surface area contributed by atoms with E-state index < -0.39 is 5.78 Å². The summed E-state index contributed by atoms with van der Waals surface area (Å²) in [4.78, 5) is 11.2. The molecule has 0 radical (unpaired) electrons. The van der Waals surface area contributed by atoms with Crippen LogP contribution in [0.1, 0.15) is 15.9 Å². The number of carbonyl (C=O) groups is 1. The largest absolute Gasteiger partial charge is 0.411 e. The van der Waals surface area contributed by atoms with Crippen molar-refractivity contribution in [3.8, 4) is 0 Å². The van der Waals surface area contributed by atoms with Crippen molar-refractivity contribution in [2.45, 2.75) is 6.92 Å². The van der Waals surface area contributed by atoms with Crippen LogP contribution in [-0.2, 0) is 0 Å². The molecule has 0 fully saturated rings. The van der Waals surface area contributed by atoms with Crippen molar-refractivity contribution in [2.24, 2.45) is 5.16 Å². The summed E-state index contributed by atoms with van der Waals surface area (Å²) in [5, 5.41) is 11.2. The average molecular weight is 198 g/mol. The van der Waals surface area contributed by atoms with E-state index in [4.69, 9.17) is 16.8 Å². The summed E-state index contributed by atoms with van der Waals surface area (Å²) in [6, 6.07) is 5.05. The second-order valence-electron chi connectivity index (χ2n) is 2.59. The lowest BCUT2D eigenvalue weighted by Crippen LogP contribution is -2.01. The standard InChI is InChI=1S/C9H8ClNO2/c1-6-2-3-7(8(10)4-6)9(12)5-11-13/h2-5,13H,1H3. The smallest absolute Gasteiger partial charge is 0.208 e. The van der Waals surface area contributed by atoms with Crippen molar-refractivity contribution in [2.75, 3.05) is 0 Å². The van der Waals surface area contributed by atoms with Gasteiger partial charge in [-0.05, 0) is 24.6 Å². The highest BCUT2D eigenvalue weighted by Gasteiger charge is 2.07. The molecule has 0 amide bonds. The number of ketones is 1. The first kappa shape index (κ1) is 9.74. The first-order valence-electron chi connectivity index (χ1n) is 3.63. The molecule has 0 aliphatic carbocycles. The van der Waals surface area contributed by atoms with Crippen LogP contribution in [0, 0.1) is 6.92 Å². The molecule has 0 aromatic heterocycles. The molecule has 0 aliphatic rings. The third-order valence-electron chi connectivity index (χ3n) is 1.57. The second-order valence-corrected chi connectivity index (χ2v) is 3.00. The number of hydrogen-bond acceptors (Lipinski definition) is 3. The van der Waals surface area contributed by atoms with E-state index in [-0.39, 0.29) is 0 Å². The van der Waals surface area contributed by atoms with Gasteiger partial charge in [0, 0.05) is 5.56 Å².